The summed E-state index contributed by atoms with van der Waals surface area (Å²) in [6.07, 6.45) is -0.708. The number of nitrogens with zero attached hydrogens (tertiary/aromatic N) is 1. The van der Waals surface area contributed by atoms with Crippen molar-refractivity contribution in [3.8, 4) is 5.75 Å². The van der Waals surface area contributed by atoms with Gasteiger partial charge in [-0.25, -0.2) is 5.48 Å². The fourth-order valence-corrected chi connectivity index (χ4v) is 5.48. The minimum absolute atomic E-state index is 0.301. The number of amides is 1. The third-order valence-electron chi connectivity index (χ3n) is 7.62. The number of carbonyl (C=O) groups is 5. The first-order valence-electron chi connectivity index (χ1n) is 15.9. The molecule has 0 aromatic heterocycles. The van der Waals surface area contributed by atoms with Crippen LogP contribution in [-0.2, 0) is 47.7 Å². The molecule has 16 heteroatoms. The molecule has 0 saturated carbocycles. The van der Waals surface area contributed by atoms with E-state index in [1.54, 1.807) is 17.6 Å². The molecule has 0 radical (unpaired) electrons. The second kappa shape index (κ2) is 17.5. The number of unbranched alkanes of at least 4 members (excludes halogenated alkanes) is 3. The van der Waals surface area contributed by atoms with Crippen LogP contribution >= 0.6 is 0 Å². The van der Waals surface area contributed by atoms with Crippen molar-refractivity contribution in [2.75, 3.05) is 13.2 Å². The molecule has 1 fully saturated rings. The quantitative estimate of drug-likeness (QED) is 0.0699. The Hall–Kier alpha value is -4.93. The summed E-state index contributed by atoms with van der Waals surface area (Å²) >= 11 is 0. The van der Waals surface area contributed by atoms with Crippen molar-refractivity contribution in [3.05, 3.63) is 48.2 Å². The van der Waals surface area contributed by atoms with Crippen molar-refractivity contribution < 1.29 is 57.6 Å². The molecule has 4 rings (SSSR count). The maximum Gasteiger partial charge on any atom is 0.303 e. The molecule has 1 amide bonds. The van der Waals surface area contributed by atoms with Crippen molar-refractivity contribution in [2.24, 2.45) is 0 Å². The molecule has 2 aliphatic rings. The molecule has 2 aromatic carbocycles. The third kappa shape index (κ3) is 10.8. The van der Waals surface area contributed by atoms with E-state index < -0.39 is 54.6 Å². The Morgan fingerprint density at radius 1 is 0.816 bits per heavy atom. The molecule has 16 nitrogen and oxygen atoms in total. The molecule has 1 saturated heterocycles. The van der Waals surface area contributed by atoms with Crippen LogP contribution in [0.1, 0.15) is 65.4 Å². The second-order valence-corrected chi connectivity index (χ2v) is 11.6. The Labute approximate surface area is 282 Å². The van der Waals surface area contributed by atoms with Crippen LogP contribution in [0.5, 0.6) is 5.75 Å². The van der Waals surface area contributed by atoms with Gasteiger partial charge in [-0.05, 0) is 41.8 Å². The van der Waals surface area contributed by atoms with E-state index in [1.165, 1.54) is 6.92 Å². The average molecular weight is 687 g/mol. The molecule has 49 heavy (non-hydrogen) atoms. The van der Waals surface area contributed by atoms with E-state index in [9.17, 15) is 24.0 Å². The van der Waals surface area contributed by atoms with Crippen molar-refractivity contribution >= 4 is 46.3 Å². The first-order valence-corrected chi connectivity index (χ1v) is 15.9. The van der Waals surface area contributed by atoms with Gasteiger partial charge in [0.25, 0.3) is 0 Å². The van der Waals surface area contributed by atoms with E-state index in [4.69, 9.17) is 33.6 Å². The fraction of sp³-hybridized carbons (Fsp3) is 0.485. The molecule has 0 aliphatic carbocycles. The highest BCUT2D eigenvalue weighted by Gasteiger charge is 2.53. The van der Waals surface area contributed by atoms with Crippen molar-refractivity contribution in [2.45, 2.75) is 90.5 Å². The van der Waals surface area contributed by atoms with Crippen molar-refractivity contribution in [1.29, 1.82) is 0 Å². The van der Waals surface area contributed by atoms with Crippen LogP contribution in [0.4, 0.5) is 0 Å². The molecular weight excluding hydrogens is 644 g/mol. The van der Waals surface area contributed by atoms with Gasteiger partial charge in [0.2, 0.25) is 18.3 Å². The molecular formula is C33H42N4O12. The first kappa shape index (κ1) is 36.9. The van der Waals surface area contributed by atoms with Gasteiger partial charge in [-0.2, -0.15) is 0 Å². The minimum Gasteiger partial charge on any atom is -0.463 e. The maximum absolute atomic E-state index is 12.1. The monoisotopic (exact) mass is 686 g/mol. The van der Waals surface area contributed by atoms with Crippen LogP contribution in [0, 0.1) is 0 Å². The molecule has 2 aliphatic heterocycles. The lowest BCUT2D eigenvalue weighted by molar-refractivity contribution is -0.288. The van der Waals surface area contributed by atoms with E-state index in [0.29, 0.717) is 18.6 Å². The Bertz CT molecular complexity index is 1550. The van der Waals surface area contributed by atoms with Gasteiger partial charge < -0.3 is 33.8 Å². The Balaban J connectivity index is 1.48. The Morgan fingerprint density at radius 2 is 1.47 bits per heavy atom. The fourth-order valence-electron chi connectivity index (χ4n) is 5.48. The van der Waals surface area contributed by atoms with Crippen LogP contribution < -0.4 is 21.2 Å². The molecule has 4 N–H and O–H groups in total. The summed E-state index contributed by atoms with van der Waals surface area (Å²) in [5.74, 6) is -2.84. The van der Waals surface area contributed by atoms with E-state index in [0.717, 1.165) is 68.6 Å². The zero-order chi connectivity index (χ0) is 35.5. The lowest BCUT2D eigenvalue weighted by Crippen LogP contribution is -2.63. The normalized spacial score (nSPS) is 21.6. The molecule has 0 bridgehead atoms. The van der Waals surface area contributed by atoms with E-state index in [-0.39, 0.29) is 12.5 Å². The summed E-state index contributed by atoms with van der Waals surface area (Å²) < 4.78 is 33.7. The number of ether oxygens (including phenoxy) is 6. The zero-order valence-electron chi connectivity index (χ0n) is 27.8. The molecule has 2 aromatic rings. The summed E-state index contributed by atoms with van der Waals surface area (Å²) in [5, 5.41) is 12.2. The number of rotatable bonds is 15. The summed E-state index contributed by atoms with van der Waals surface area (Å²) in [6, 6.07) is 11.2. The third-order valence-corrected chi connectivity index (χ3v) is 7.62. The standard InChI is InChI=1S/C33H42N4O12/c1-19(38)44-18-28-30(45-20(2)39)31(46-21(3)40)32(47-22(4)41)33(49-28)48-26-13-12-23-15-25(11-10-24(23)16-26)27-17-37(36-34-27)14-8-6-5-7-9-29(42)35-43/h10-13,15-17,28,30-34,36,43H,5-9,14,18H2,1-4H3,(H,35,42)/t28-,30-,31+,32+,33+/m1/s1. The number of hydrogen-bond acceptors (Lipinski definition) is 15. The number of hydrogen-bond donors (Lipinski definition) is 4. The zero-order valence-corrected chi connectivity index (χ0v) is 27.8. The molecule has 2 heterocycles. The van der Waals surface area contributed by atoms with Gasteiger partial charge in [0.1, 0.15) is 18.5 Å². The van der Waals surface area contributed by atoms with Crippen molar-refractivity contribution in [3.63, 3.8) is 0 Å². The predicted molar refractivity (Wildman–Crippen MR) is 171 cm³/mol. The van der Waals surface area contributed by atoms with Gasteiger partial charge in [0.15, 0.2) is 12.2 Å². The van der Waals surface area contributed by atoms with Gasteiger partial charge in [-0.3, -0.25) is 34.2 Å². The number of carbonyl (C=O) groups excluding carboxylic acids is 5. The molecule has 0 spiro atoms. The van der Waals surface area contributed by atoms with E-state index >= 15 is 0 Å². The minimum atomic E-state index is -1.35. The average Bonchev–Trinajstić information content (AvgIpc) is 3.52. The highest BCUT2D eigenvalue weighted by molar-refractivity contribution is 5.87. The topological polar surface area (TPSA) is 200 Å². The van der Waals surface area contributed by atoms with Crippen LogP contribution in [-0.4, -0.2) is 83.9 Å². The van der Waals surface area contributed by atoms with Crippen LogP contribution in [0.25, 0.3) is 16.5 Å². The van der Waals surface area contributed by atoms with Crippen LogP contribution in [0.2, 0.25) is 0 Å². The number of hydroxylamine groups is 1. The lowest BCUT2D eigenvalue weighted by Gasteiger charge is -2.43. The highest BCUT2D eigenvalue weighted by atomic mass is 16.7. The smallest absolute Gasteiger partial charge is 0.303 e. The van der Waals surface area contributed by atoms with Crippen LogP contribution in [0.15, 0.2) is 42.6 Å². The van der Waals surface area contributed by atoms with Gasteiger partial charge in [0.05, 0.1) is 5.70 Å². The first-order chi connectivity index (χ1) is 23.4. The summed E-state index contributed by atoms with van der Waals surface area (Å²) in [6.45, 7) is 5.06. The second-order valence-electron chi connectivity index (χ2n) is 11.6. The number of esters is 4. The van der Waals surface area contributed by atoms with Gasteiger partial charge >= 0.3 is 23.9 Å². The maximum atomic E-state index is 12.1. The number of hydrazine groups is 2. The van der Waals surface area contributed by atoms with Crippen molar-refractivity contribution in [1.82, 2.24) is 21.4 Å². The van der Waals surface area contributed by atoms with Gasteiger partial charge in [0, 0.05) is 52.4 Å². The highest BCUT2D eigenvalue weighted by Crippen LogP contribution is 2.32. The lowest BCUT2D eigenvalue weighted by atomic mass is 9.98. The number of nitrogens with one attached hydrogen (secondary N) is 3. The van der Waals surface area contributed by atoms with Crippen LogP contribution in [0.3, 0.4) is 0 Å². The van der Waals surface area contributed by atoms with Gasteiger partial charge in [-0.1, -0.05) is 31.0 Å². The Kier molecular flexibility index (Phi) is 13.1. The summed E-state index contributed by atoms with van der Waals surface area (Å²) in [4.78, 5) is 58.9. The van der Waals surface area contributed by atoms with Gasteiger partial charge in [-0.15, -0.1) is 5.53 Å². The molecule has 0 unspecified atom stereocenters. The largest absolute Gasteiger partial charge is 0.463 e. The molecule has 266 valence electrons. The SMILES string of the molecule is CC(=O)OC[C@H]1O[C@H](Oc2ccc3cc(C4=CN(CCCCCCC(=O)NO)NN4)ccc3c2)[C@@H](OC(C)=O)[C@@H](OC(C)=O)[C@@H]1OC(C)=O. The van der Waals surface area contributed by atoms with E-state index in [2.05, 4.69) is 11.0 Å². The summed E-state index contributed by atoms with van der Waals surface area (Å²) in [7, 11) is 0. The van der Waals surface area contributed by atoms with E-state index in [1.807, 2.05) is 35.5 Å². The predicted octanol–water partition coefficient (Wildman–Crippen LogP) is 2.38. The molecule has 5 atom stereocenters. The number of fused-ring (bicyclic) bond motifs is 1. The Morgan fingerprint density at radius 3 is 2.16 bits per heavy atom. The number of benzene rings is 2. The summed E-state index contributed by atoms with van der Waals surface area (Å²) in [5.41, 5.74) is 9.76.